The maximum atomic E-state index is 14.6. The van der Waals surface area contributed by atoms with Crippen molar-refractivity contribution < 1.29 is 18.7 Å². The molecule has 0 radical (unpaired) electrons. The van der Waals surface area contributed by atoms with Crippen LogP contribution in [0.1, 0.15) is 34.8 Å². The van der Waals surface area contributed by atoms with E-state index in [4.69, 9.17) is 0 Å². The van der Waals surface area contributed by atoms with Crippen LogP contribution < -0.4 is 5.32 Å². The van der Waals surface area contributed by atoms with E-state index in [1.807, 2.05) is 18.2 Å². The summed E-state index contributed by atoms with van der Waals surface area (Å²) in [6.45, 7) is 1.32. The van der Waals surface area contributed by atoms with Gasteiger partial charge in [0.15, 0.2) is 0 Å². The first-order valence-electron chi connectivity index (χ1n) is 8.24. The smallest absolute Gasteiger partial charge is 0.366 e. The maximum absolute atomic E-state index is 14.6. The van der Waals surface area contributed by atoms with Gasteiger partial charge >= 0.3 is 5.92 Å². The van der Waals surface area contributed by atoms with E-state index in [-0.39, 0.29) is 18.1 Å². The largest absolute Gasteiger partial charge is 0.396 e. The van der Waals surface area contributed by atoms with Gasteiger partial charge in [-0.25, -0.2) is 0 Å². The lowest BCUT2D eigenvalue weighted by molar-refractivity contribution is -0.149. The molecule has 0 saturated carbocycles. The second kappa shape index (κ2) is 6.88. The van der Waals surface area contributed by atoms with E-state index in [0.29, 0.717) is 6.42 Å². The van der Waals surface area contributed by atoms with E-state index in [9.17, 15) is 18.7 Å². The number of hydrogen-bond acceptors (Lipinski definition) is 3. The highest BCUT2D eigenvalue weighted by Crippen LogP contribution is 2.36. The fourth-order valence-electron chi connectivity index (χ4n) is 3.37. The molecule has 0 aliphatic heterocycles. The molecule has 132 valence electrons. The third-order valence-electron chi connectivity index (χ3n) is 4.76. The van der Waals surface area contributed by atoms with Gasteiger partial charge in [-0.2, -0.15) is 8.78 Å². The summed E-state index contributed by atoms with van der Waals surface area (Å²) in [6.07, 6.45) is 2.63. The molecule has 2 atom stereocenters. The van der Waals surface area contributed by atoms with Crippen LogP contribution in [-0.4, -0.2) is 22.6 Å². The highest BCUT2D eigenvalue weighted by Gasteiger charge is 2.45. The topological polar surface area (TPSA) is 62.2 Å². The fourth-order valence-corrected chi connectivity index (χ4v) is 3.37. The zero-order valence-corrected chi connectivity index (χ0v) is 13.9. The minimum Gasteiger partial charge on any atom is -0.396 e. The molecule has 1 heterocycles. The van der Waals surface area contributed by atoms with Gasteiger partial charge in [-0.1, -0.05) is 30.3 Å². The number of amides is 1. The van der Waals surface area contributed by atoms with Crippen LogP contribution in [-0.2, 0) is 17.1 Å². The molecule has 2 unspecified atom stereocenters. The van der Waals surface area contributed by atoms with Crippen LogP contribution in [0, 0.1) is 12.8 Å². The molecule has 0 saturated heterocycles. The van der Waals surface area contributed by atoms with Gasteiger partial charge in [0.25, 0.3) is 5.91 Å². The minimum absolute atomic E-state index is 0.173. The normalized spacial score (nSPS) is 20.0. The number of carbonyl (C=O) groups is 1. The number of aliphatic hydroxyl groups is 1. The zero-order chi connectivity index (χ0) is 18.0. The Bertz CT molecular complexity index is 780. The lowest BCUT2D eigenvalue weighted by atomic mass is 9.80. The number of aromatic nitrogens is 1. The number of hydrogen-bond donors (Lipinski definition) is 2. The molecule has 0 spiro atoms. The Balaban J connectivity index is 1.90. The molecule has 1 aromatic carbocycles. The van der Waals surface area contributed by atoms with Crippen LogP contribution in [0.15, 0.2) is 42.6 Å². The van der Waals surface area contributed by atoms with Gasteiger partial charge in [0, 0.05) is 18.7 Å². The van der Waals surface area contributed by atoms with E-state index < -0.39 is 23.6 Å². The quantitative estimate of drug-likeness (QED) is 0.895. The van der Waals surface area contributed by atoms with Crippen LogP contribution >= 0.6 is 0 Å². The van der Waals surface area contributed by atoms with Crippen molar-refractivity contribution in [2.45, 2.75) is 31.7 Å². The molecule has 1 aliphatic rings. The van der Waals surface area contributed by atoms with Crippen molar-refractivity contribution in [2.75, 3.05) is 6.61 Å². The molecule has 25 heavy (non-hydrogen) atoms. The predicted octanol–water partition coefficient (Wildman–Crippen LogP) is 2.89. The fraction of sp³-hybridized carbons (Fsp3) is 0.368. The SMILES string of the molecule is Cc1cccnc1C(F)(F)C(=O)NC1c2ccccc2CCC1CO. The standard InChI is InChI=1S/C19H20F2N2O2/c1-12-5-4-10-22-17(12)19(20,21)18(25)23-16-14(11-24)9-8-13-6-2-3-7-15(13)16/h2-7,10,14,16,24H,8-9,11H2,1H3,(H,23,25). The summed E-state index contributed by atoms with van der Waals surface area (Å²) < 4.78 is 29.3. The average Bonchev–Trinajstić information content (AvgIpc) is 2.62. The number of aryl methyl sites for hydroxylation is 2. The Labute approximate surface area is 144 Å². The number of aliphatic hydroxyl groups excluding tert-OH is 1. The van der Waals surface area contributed by atoms with Crippen molar-refractivity contribution in [3.8, 4) is 0 Å². The van der Waals surface area contributed by atoms with Crippen molar-refractivity contribution in [1.29, 1.82) is 0 Å². The number of fused-ring (bicyclic) bond motifs is 1. The van der Waals surface area contributed by atoms with Crippen LogP contribution in [0.25, 0.3) is 0 Å². The Hall–Kier alpha value is -2.34. The summed E-state index contributed by atoms with van der Waals surface area (Å²) in [5.41, 5.74) is 1.51. The zero-order valence-electron chi connectivity index (χ0n) is 13.9. The van der Waals surface area contributed by atoms with Crippen LogP contribution in [0.3, 0.4) is 0 Å². The minimum atomic E-state index is -3.74. The number of halogens is 2. The third kappa shape index (κ3) is 3.26. The van der Waals surface area contributed by atoms with Crippen molar-refractivity contribution >= 4 is 5.91 Å². The second-order valence-corrected chi connectivity index (χ2v) is 6.37. The van der Waals surface area contributed by atoms with Crippen molar-refractivity contribution in [3.05, 3.63) is 65.0 Å². The number of nitrogens with one attached hydrogen (secondary N) is 1. The molecule has 1 aromatic heterocycles. The highest BCUT2D eigenvalue weighted by molar-refractivity contribution is 5.85. The second-order valence-electron chi connectivity index (χ2n) is 6.37. The summed E-state index contributed by atoms with van der Waals surface area (Å²) in [4.78, 5) is 16.1. The van der Waals surface area contributed by atoms with Gasteiger partial charge in [0.05, 0.1) is 6.04 Å². The third-order valence-corrected chi connectivity index (χ3v) is 4.76. The lowest BCUT2D eigenvalue weighted by Crippen LogP contribution is -2.45. The van der Waals surface area contributed by atoms with E-state index in [2.05, 4.69) is 10.3 Å². The number of benzene rings is 1. The van der Waals surface area contributed by atoms with E-state index in [1.54, 1.807) is 12.1 Å². The van der Waals surface area contributed by atoms with Crippen molar-refractivity contribution in [1.82, 2.24) is 10.3 Å². The summed E-state index contributed by atoms with van der Waals surface area (Å²) in [6, 6.07) is 9.82. The van der Waals surface area contributed by atoms with Crippen molar-refractivity contribution in [3.63, 3.8) is 0 Å². The van der Waals surface area contributed by atoms with Gasteiger partial charge in [-0.05, 0) is 42.5 Å². The molecule has 6 heteroatoms. The lowest BCUT2D eigenvalue weighted by Gasteiger charge is -2.34. The first-order valence-corrected chi connectivity index (χ1v) is 8.24. The monoisotopic (exact) mass is 346 g/mol. The summed E-state index contributed by atoms with van der Waals surface area (Å²) in [5, 5.41) is 12.1. The number of rotatable bonds is 4. The van der Waals surface area contributed by atoms with Crippen LogP contribution in [0.4, 0.5) is 8.78 Å². The Morgan fingerprint density at radius 2 is 2.08 bits per heavy atom. The first-order chi connectivity index (χ1) is 11.9. The molecule has 3 rings (SSSR count). The number of pyridine rings is 1. The molecule has 0 bridgehead atoms. The van der Waals surface area contributed by atoms with Gasteiger partial charge in [0.2, 0.25) is 0 Å². The van der Waals surface area contributed by atoms with E-state index >= 15 is 0 Å². The summed E-state index contributed by atoms with van der Waals surface area (Å²) in [5.74, 6) is -5.42. The summed E-state index contributed by atoms with van der Waals surface area (Å²) >= 11 is 0. The Morgan fingerprint density at radius 1 is 1.32 bits per heavy atom. The molecule has 4 nitrogen and oxygen atoms in total. The van der Waals surface area contributed by atoms with Crippen LogP contribution in [0.5, 0.6) is 0 Å². The van der Waals surface area contributed by atoms with E-state index in [0.717, 1.165) is 17.5 Å². The first kappa shape index (κ1) is 17.5. The van der Waals surface area contributed by atoms with Gasteiger partial charge in [0.1, 0.15) is 5.69 Å². The number of nitrogens with zero attached hydrogens (tertiary/aromatic N) is 1. The van der Waals surface area contributed by atoms with Crippen LogP contribution in [0.2, 0.25) is 0 Å². The van der Waals surface area contributed by atoms with Gasteiger partial charge < -0.3 is 10.4 Å². The van der Waals surface area contributed by atoms with Gasteiger partial charge in [-0.15, -0.1) is 0 Å². The molecule has 2 aromatic rings. The molecule has 1 aliphatic carbocycles. The molecule has 2 N–H and O–H groups in total. The molecule has 0 fully saturated rings. The molecule has 1 amide bonds. The Kier molecular flexibility index (Phi) is 4.81. The van der Waals surface area contributed by atoms with Gasteiger partial charge in [-0.3, -0.25) is 9.78 Å². The number of alkyl halides is 2. The summed E-state index contributed by atoms with van der Waals surface area (Å²) in [7, 11) is 0. The highest BCUT2D eigenvalue weighted by atomic mass is 19.3. The van der Waals surface area contributed by atoms with E-state index in [1.165, 1.54) is 19.2 Å². The Morgan fingerprint density at radius 3 is 2.80 bits per heavy atom. The van der Waals surface area contributed by atoms with Crippen molar-refractivity contribution in [2.24, 2.45) is 5.92 Å². The molecular weight excluding hydrogens is 326 g/mol. The molecular formula is C19H20F2N2O2. The predicted molar refractivity (Wildman–Crippen MR) is 89.1 cm³/mol. The number of carbonyl (C=O) groups excluding carboxylic acids is 1. The maximum Gasteiger partial charge on any atom is 0.366 e. The average molecular weight is 346 g/mol.